The molecule has 76 valence electrons. The van der Waals surface area contributed by atoms with E-state index in [1.807, 2.05) is 37.3 Å². The summed E-state index contributed by atoms with van der Waals surface area (Å²) in [6.45, 7) is 3.81. The van der Waals surface area contributed by atoms with Crippen LogP contribution in [0.25, 0.3) is 0 Å². The van der Waals surface area contributed by atoms with E-state index >= 15 is 0 Å². The van der Waals surface area contributed by atoms with Crippen molar-refractivity contribution in [1.82, 2.24) is 0 Å². The molecular formula is C11H16NO2+. The summed E-state index contributed by atoms with van der Waals surface area (Å²) in [5, 5.41) is 0. The normalized spacial score (nSPS) is 14.5. The zero-order chi connectivity index (χ0) is 10.6. The van der Waals surface area contributed by atoms with E-state index in [9.17, 15) is 4.79 Å². The fourth-order valence-electron chi connectivity index (χ4n) is 1.36. The summed E-state index contributed by atoms with van der Waals surface area (Å²) >= 11 is 0. The minimum absolute atomic E-state index is 0.278. The van der Waals surface area contributed by atoms with Crippen molar-refractivity contribution in [1.29, 1.82) is 0 Å². The molecule has 0 fully saturated rings. The Balaban J connectivity index is 2.95. The lowest BCUT2D eigenvalue weighted by molar-refractivity contribution is -0.400. The fourth-order valence-corrected chi connectivity index (χ4v) is 1.36. The van der Waals surface area contributed by atoms with E-state index in [0.29, 0.717) is 6.54 Å². The minimum atomic E-state index is -0.604. The molecule has 3 nitrogen and oxygen atoms in total. The Morgan fingerprint density at radius 2 is 2.00 bits per heavy atom. The van der Waals surface area contributed by atoms with Gasteiger partial charge in [-0.1, -0.05) is 30.3 Å². The van der Waals surface area contributed by atoms with Crippen LogP contribution in [0.2, 0.25) is 0 Å². The van der Waals surface area contributed by atoms with E-state index in [2.05, 4.69) is 5.73 Å². The maximum atomic E-state index is 10.9. The van der Waals surface area contributed by atoms with Gasteiger partial charge < -0.3 is 10.5 Å². The maximum Gasteiger partial charge on any atom is 0.303 e. The number of carbonyl (C=O) groups excluding carboxylic acids is 1. The zero-order valence-electron chi connectivity index (χ0n) is 8.62. The number of benzene rings is 1. The Morgan fingerprint density at radius 1 is 1.43 bits per heavy atom. The molecule has 0 unspecified atom stereocenters. The lowest BCUT2D eigenvalue weighted by atomic mass is 9.96. The number of carbonyl (C=O) groups is 1. The van der Waals surface area contributed by atoms with Crippen molar-refractivity contribution < 1.29 is 15.3 Å². The predicted octanol–water partition coefficient (Wildman–Crippen LogP) is 0.707. The van der Waals surface area contributed by atoms with Crippen molar-refractivity contribution in [2.75, 3.05) is 6.54 Å². The topological polar surface area (TPSA) is 53.9 Å². The molecule has 0 aliphatic rings. The summed E-state index contributed by atoms with van der Waals surface area (Å²) in [4.78, 5) is 10.9. The average molecular weight is 194 g/mol. The molecule has 14 heavy (non-hydrogen) atoms. The molecule has 1 atom stereocenters. The van der Waals surface area contributed by atoms with E-state index in [4.69, 9.17) is 4.74 Å². The summed E-state index contributed by atoms with van der Waals surface area (Å²) in [6.07, 6.45) is 0. The molecule has 1 aromatic rings. The smallest absolute Gasteiger partial charge is 0.303 e. The molecule has 0 heterocycles. The Hall–Kier alpha value is -1.35. The van der Waals surface area contributed by atoms with Gasteiger partial charge in [-0.05, 0) is 6.92 Å². The van der Waals surface area contributed by atoms with Crippen molar-refractivity contribution in [3.05, 3.63) is 35.9 Å². The standard InChI is InChI=1S/C11H15NO2/c1-9(13)14-11(2,8-12)10-6-4-3-5-7-10/h3-7H,8,12H2,1-2H3/p+1/t11-/m0/s1. The Kier molecular flexibility index (Phi) is 3.25. The molecule has 3 heteroatoms. The second-order valence-electron chi connectivity index (χ2n) is 3.44. The average Bonchev–Trinajstić information content (AvgIpc) is 2.18. The van der Waals surface area contributed by atoms with Crippen LogP contribution in [0, 0.1) is 0 Å². The van der Waals surface area contributed by atoms with Gasteiger partial charge in [0.2, 0.25) is 0 Å². The van der Waals surface area contributed by atoms with E-state index in [1.54, 1.807) is 0 Å². The van der Waals surface area contributed by atoms with E-state index in [-0.39, 0.29) is 5.97 Å². The monoisotopic (exact) mass is 194 g/mol. The van der Waals surface area contributed by atoms with Crippen LogP contribution in [0.5, 0.6) is 0 Å². The molecule has 0 spiro atoms. The molecule has 1 aromatic carbocycles. The first kappa shape index (κ1) is 10.7. The summed E-state index contributed by atoms with van der Waals surface area (Å²) in [5.74, 6) is -0.278. The van der Waals surface area contributed by atoms with E-state index in [1.165, 1.54) is 6.92 Å². The molecule has 1 rings (SSSR count). The summed E-state index contributed by atoms with van der Waals surface area (Å²) in [6, 6.07) is 9.66. The number of esters is 1. The summed E-state index contributed by atoms with van der Waals surface area (Å²) in [7, 11) is 0. The van der Waals surface area contributed by atoms with Gasteiger partial charge in [-0.2, -0.15) is 0 Å². The SMILES string of the molecule is CC(=O)O[C@@](C)(C[NH3+])c1ccccc1. The largest absolute Gasteiger partial charge is 0.449 e. The molecule has 0 aromatic heterocycles. The highest BCUT2D eigenvalue weighted by atomic mass is 16.6. The van der Waals surface area contributed by atoms with Gasteiger partial charge in [0.05, 0.1) is 0 Å². The molecule has 0 bridgehead atoms. The number of ether oxygens (including phenoxy) is 1. The Morgan fingerprint density at radius 3 is 2.43 bits per heavy atom. The lowest BCUT2D eigenvalue weighted by Crippen LogP contribution is -2.60. The van der Waals surface area contributed by atoms with Crippen LogP contribution >= 0.6 is 0 Å². The Bertz CT molecular complexity index is 310. The third kappa shape index (κ3) is 2.33. The van der Waals surface area contributed by atoms with Crippen LogP contribution in [0.4, 0.5) is 0 Å². The van der Waals surface area contributed by atoms with Crippen LogP contribution in [0.1, 0.15) is 19.4 Å². The lowest BCUT2D eigenvalue weighted by Gasteiger charge is -2.25. The third-order valence-electron chi connectivity index (χ3n) is 2.23. The van der Waals surface area contributed by atoms with Gasteiger partial charge in [0, 0.05) is 12.5 Å². The first-order valence-corrected chi connectivity index (χ1v) is 4.63. The van der Waals surface area contributed by atoms with Crippen molar-refractivity contribution in [3.8, 4) is 0 Å². The van der Waals surface area contributed by atoms with Crippen molar-refractivity contribution >= 4 is 5.97 Å². The molecule has 0 saturated carbocycles. The van der Waals surface area contributed by atoms with Crippen LogP contribution < -0.4 is 5.73 Å². The van der Waals surface area contributed by atoms with Gasteiger partial charge in [-0.15, -0.1) is 0 Å². The third-order valence-corrected chi connectivity index (χ3v) is 2.23. The fraction of sp³-hybridized carbons (Fsp3) is 0.364. The van der Waals surface area contributed by atoms with Gasteiger partial charge in [0.15, 0.2) is 5.60 Å². The first-order valence-electron chi connectivity index (χ1n) is 4.63. The molecule has 0 aliphatic heterocycles. The van der Waals surface area contributed by atoms with Gasteiger partial charge in [-0.3, -0.25) is 4.79 Å². The van der Waals surface area contributed by atoms with Crippen molar-refractivity contribution in [2.24, 2.45) is 0 Å². The second kappa shape index (κ2) is 4.24. The predicted molar refractivity (Wildman–Crippen MR) is 53.3 cm³/mol. The van der Waals surface area contributed by atoms with E-state index < -0.39 is 5.60 Å². The minimum Gasteiger partial charge on any atom is -0.449 e. The van der Waals surface area contributed by atoms with Crippen molar-refractivity contribution in [3.63, 3.8) is 0 Å². The Labute approximate surface area is 83.9 Å². The first-order chi connectivity index (χ1) is 6.58. The van der Waals surface area contributed by atoms with Crippen molar-refractivity contribution in [2.45, 2.75) is 19.4 Å². The number of rotatable bonds is 3. The number of quaternary nitrogens is 1. The van der Waals surface area contributed by atoms with Crippen LogP contribution in [0.15, 0.2) is 30.3 Å². The summed E-state index contributed by atoms with van der Waals surface area (Å²) in [5.41, 5.74) is 4.18. The second-order valence-corrected chi connectivity index (χ2v) is 3.44. The van der Waals surface area contributed by atoms with Gasteiger partial charge in [0.25, 0.3) is 0 Å². The highest BCUT2D eigenvalue weighted by molar-refractivity contribution is 5.66. The van der Waals surface area contributed by atoms with Gasteiger partial charge in [0.1, 0.15) is 6.54 Å². The summed E-state index contributed by atoms with van der Waals surface area (Å²) < 4.78 is 5.27. The highest BCUT2D eigenvalue weighted by Crippen LogP contribution is 2.23. The molecule has 0 radical (unpaired) electrons. The number of hydrogen-bond acceptors (Lipinski definition) is 2. The van der Waals surface area contributed by atoms with Crippen LogP contribution in [-0.2, 0) is 15.1 Å². The quantitative estimate of drug-likeness (QED) is 0.720. The number of hydrogen-bond donors (Lipinski definition) is 1. The molecule has 0 aliphatic carbocycles. The molecular weight excluding hydrogens is 178 g/mol. The molecule has 0 saturated heterocycles. The van der Waals surface area contributed by atoms with Gasteiger partial charge in [-0.25, -0.2) is 0 Å². The maximum absolute atomic E-state index is 10.9. The highest BCUT2D eigenvalue weighted by Gasteiger charge is 2.30. The van der Waals surface area contributed by atoms with E-state index in [0.717, 1.165) is 5.56 Å². The zero-order valence-corrected chi connectivity index (χ0v) is 8.62. The van der Waals surface area contributed by atoms with Crippen LogP contribution in [-0.4, -0.2) is 12.5 Å². The molecule has 3 N–H and O–H groups in total. The van der Waals surface area contributed by atoms with Crippen LogP contribution in [0.3, 0.4) is 0 Å². The van der Waals surface area contributed by atoms with Gasteiger partial charge >= 0.3 is 5.97 Å². The molecule has 0 amide bonds.